The number of hydrogen-bond acceptors (Lipinski definition) is 5. The Bertz CT molecular complexity index is 975. The van der Waals surface area contributed by atoms with Crippen LogP contribution in [0, 0.1) is 23.7 Å². The summed E-state index contributed by atoms with van der Waals surface area (Å²) in [6, 6.07) is 12.1. The van der Waals surface area contributed by atoms with Crippen LogP contribution in [0.25, 0.3) is 0 Å². The summed E-state index contributed by atoms with van der Waals surface area (Å²) >= 11 is 0. The molecule has 2 rings (SSSR count). The van der Waals surface area contributed by atoms with E-state index in [9.17, 15) is 9.59 Å². The molecule has 2 amide bonds. The molecule has 0 aromatic heterocycles. The third kappa shape index (κ3) is 6.40. The normalized spacial score (nSPS) is 11.6. The Morgan fingerprint density at radius 1 is 1.00 bits per heavy atom. The van der Waals surface area contributed by atoms with Crippen LogP contribution in [0.15, 0.2) is 48.5 Å². The van der Waals surface area contributed by atoms with Crippen molar-refractivity contribution in [3.8, 4) is 29.4 Å². The van der Waals surface area contributed by atoms with Crippen LogP contribution in [0.2, 0.25) is 0 Å². The van der Waals surface area contributed by atoms with Gasteiger partial charge in [0.25, 0.3) is 11.8 Å². The third-order valence-corrected chi connectivity index (χ3v) is 3.92. The second-order valence-corrected chi connectivity index (χ2v) is 6.09. The van der Waals surface area contributed by atoms with E-state index in [1.54, 1.807) is 38.3 Å². The first-order valence-electron chi connectivity index (χ1n) is 8.71. The van der Waals surface area contributed by atoms with Crippen molar-refractivity contribution in [2.24, 2.45) is 5.73 Å². The number of carbonyl (C=O) groups excluding carboxylic acids is 2. The maximum absolute atomic E-state index is 12.3. The molecule has 29 heavy (non-hydrogen) atoms. The van der Waals surface area contributed by atoms with E-state index in [2.05, 4.69) is 29.0 Å². The standard InChI is InChI=1S/C22H21N3O4/c1-15(23)20(22(27)25-28)24-21(26)18-11-7-16(8-12-18)5-3-4-6-17-9-13-19(29-2)14-10-17/h7-15,20,28H,23H2,1-2H3,(H,24,26)(H,25,27). The van der Waals surface area contributed by atoms with Crippen LogP contribution in [0.1, 0.15) is 28.4 Å². The fourth-order valence-corrected chi connectivity index (χ4v) is 2.32. The number of nitrogens with one attached hydrogen (secondary N) is 2. The number of amides is 2. The topological polar surface area (TPSA) is 114 Å². The summed E-state index contributed by atoms with van der Waals surface area (Å²) in [5, 5.41) is 11.2. The molecular weight excluding hydrogens is 370 g/mol. The summed E-state index contributed by atoms with van der Waals surface area (Å²) in [4.78, 5) is 23.8. The van der Waals surface area contributed by atoms with Gasteiger partial charge >= 0.3 is 0 Å². The largest absolute Gasteiger partial charge is 0.497 e. The van der Waals surface area contributed by atoms with Crippen molar-refractivity contribution in [1.29, 1.82) is 0 Å². The molecule has 2 aromatic carbocycles. The minimum Gasteiger partial charge on any atom is -0.497 e. The monoisotopic (exact) mass is 391 g/mol. The first-order valence-corrected chi connectivity index (χ1v) is 8.71. The number of nitrogens with two attached hydrogens (primary N) is 1. The SMILES string of the molecule is COc1ccc(C#CC#Cc2ccc(C(=O)NC(C(=O)NO)C(C)N)cc2)cc1. The Morgan fingerprint density at radius 2 is 1.52 bits per heavy atom. The number of benzene rings is 2. The lowest BCUT2D eigenvalue weighted by atomic mass is 10.1. The highest BCUT2D eigenvalue weighted by atomic mass is 16.5. The number of hydroxylamine groups is 1. The van der Waals surface area contributed by atoms with Crippen molar-refractivity contribution >= 4 is 11.8 Å². The highest BCUT2D eigenvalue weighted by Gasteiger charge is 2.24. The van der Waals surface area contributed by atoms with Gasteiger partial charge < -0.3 is 15.8 Å². The zero-order valence-electron chi connectivity index (χ0n) is 16.0. The van der Waals surface area contributed by atoms with Crippen LogP contribution in [-0.4, -0.2) is 36.2 Å². The predicted molar refractivity (Wildman–Crippen MR) is 108 cm³/mol. The molecule has 148 valence electrons. The molecule has 0 heterocycles. The summed E-state index contributed by atoms with van der Waals surface area (Å²) in [5.74, 6) is 10.8. The van der Waals surface area contributed by atoms with Gasteiger partial charge in [0.05, 0.1) is 7.11 Å². The molecule has 0 bridgehead atoms. The number of methoxy groups -OCH3 is 1. The van der Waals surface area contributed by atoms with E-state index < -0.39 is 23.9 Å². The van der Waals surface area contributed by atoms with Gasteiger partial charge in [0.2, 0.25) is 0 Å². The minimum absolute atomic E-state index is 0.330. The quantitative estimate of drug-likeness (QED) is 0.346. The molecule has 0 aliphatic carbocycles. The zero-order valence-corrected chi connectivity index (χ0v) is 16.0. The predicted octanol–water partition coefficient (Wildman–Crippen LogP) is 1.05. The number of rotatable bonds is 5. The highest BCUT2D eigenvalue weighted by Crippen LogP contribution is 2.10. The van der Waals surface area contributed by atoms with Crippen LogP contribution in [-0.2, 0) is 4.79 Å². The summed E-state index contributed by atoms with van der Waals surface area (Å²) in [5.41, 5.74) is 8.99. The first kappa shape index (κ1) is 21.5. The van der Waals surface area contributed by atoms with Gasteiger partial charge in [-0.3, -0.25) is 14.8 Å². The van der Waals surface area contributed by atoms with Crippen molar-refractivity contribution in [3.63, 3.8) is 0 Å². The molecular formula is C22H21N3O4. The van der Waals surface area contributed by atoms with E-state index >= 15 is 0 Å². The Labute approximate surface area is 169 Å². The van der Waals surface area contributed by atoms with Crippen molar-refractivity contribution in [2.75, 3.05) is 7.11 Å². The molecule has 0 saturated heterocycles. The van der Waals surface area contributed by atoms with Gasteiger partial charge in [0.15, 0.2) is 0 Å². The average Bonchev–Trinajstić information content (AvgIpc) is 2.75. The van der Waals surface area contributed by atoms with Gasteiger partial charge in [0.1, 0.15) is 11.8 Å². The van der Waals surface area contributed by atoms with Gasteiger partial charge in [-0.05, 0) is 67.3 Å². The van der Waals surface area contributed by atoms with Gasteiger partial charge in [-0.2, -0.15) is 0 Å². The number of ether oxygens (including phenoxy) is 1. The molecule has 7 nitrogen and oxygen atoms in total. The van der Waals surface area contributed by atoms with E-state index in [0.29, 0.717) is 11.1 Å². The smallest absolute Gasteiger partial charge is 0.267 e. The molecule has 0 saturated carbocycles. The average molecular weight is 391 g/mol. The fraction of sp³-hybridized carbons (Fsp3) is 0.182. The lowest BCUT2D eigenvalue weighted by molar-refractivity contribution is -0.131. The molecule has 2 atom stereocenters. The fourth-order valence-electron chi connectivity index (χ4n) is 2.32. The molecule has 0 aliphatic heterocycles. The minimum atomic E-state index is -1.06. The molecule has 0 spiro atoms. The molecule has 5 N–H and O–H groups in total. The van der Waals surface area contributed by atoms with Crippen LogP contribution in [0.3, 0.4) is 0 Å². The lowest BCUT2D eigenvalue weighted by Gasteiger charge is -2.19. The Morgan fingerprint density at radius 3 is 1.97 bits per heavy atom. The molecule has 2 unspecified atom stereocenters. The lowest BCUT2D eigenvalue weighted by Crippen LogP contribution is -2.54. The first-order chi connectivity index (χ1) is 13.9. The summed E-state index contributed by atoms with van der Waals surface area (Å²) < 4.78 is 5.09. The zero-order chi connectivity index (χ0) is 21.2. The second kappa shape index (κ2) is 10.5. The molecule has 0 aliphatic rings. The van der Waals surface area contributed by atoms with Crippen molar-refractivity contribution in [3.05, 3.63) is 65.2 Å². The van der Waals surface area contributed by atoms with Crippen LogP contribution >= 0.6 is 0 Å². The highest BCUT2D eigenvalue weighted by molar-refractivity contribution is 5.97. The van der Waals surface area contributed by atoms with E-state index in [1.807, 2.05) is 24.3 Å². The summed E-state index contributed by atoms with van der Waals surface area (Å²) in [6.45, 7) is 1.55. The van der Waals surface area contributed by atoms with Gasteiger partial charge in [-0.25, -0.2) is 5.48 Å². The molecule has 2 aromatic rings. The number of hydrogen-bond donors (Lipinski definition) is 4. The van der Waals surface area contributed by atoms with Crippen LogP contribution in [0.5, 0.6) is 5.75 Å². The Balaban J connectivity index is 2.02. The summed E-state index contributed by atoms with van der Waals surface area (Å²) in [6.07, 6.45) is 0. The number of carbonyl (C=O) groups is 2. The molecule has 7 heteroatoms. The van der Waals surface area contributed by atoms with Gasteiger partial charge in [-0.15, -0.1) is 0 Å². The van der Waals surface area contributed by atoms with Gasteiger partial charge in [-0.1, -0.05) is 11.8 Å². The van der Waals surface area contributed by atoms with E-state index in [-0.39, 0.29) is 0 Å². The van der Waals surface area contributed by atoms with Crippen LogP contribution in [0.4, 0.5) is 0 Å². The molecule has 0 radical (unpaired) electrons. The Hall–Kier alpha value is -3.78. The van der Waals surface area contributed by atoms with Crippen molar-refractivity contribution < 1.29 is 19.5 Å². The van der Waals surface area contributed by atoms with E-state index in [4.69, 9.17) is 15.7 Å². The van der Waals surface area contributed by atoms with Crippen molar-refractivity contribution in [1.82, 2.24) is 10.8 Å². The maximum atomic E-state index is 12.3. The van der Waals surface area contributed by atoms with E-state index in [1.165, 1.54) is 5.48 Å². The van der Waals surface area contributed by atoms with Crippen LogP contribution < -0.4 is 21.3 Å². The van der Waals surface area contributed by atoms with Crippen molar-refractivity contribution in [2.45, 2.75) is 19.0 Å². The third-order valence-electron chi connectivity index (χ3n) is 3.92. The summed E-state index contributed by atoms with van der Waals surface area (Å²) in [7, 11) is 1.60. The Kier molecular flexibility index (Phi) is 7.81. The van der Waals surface area contributed by atoms with E-state index in [0.717, 1.165) is 11.3 Å². The second-order valence-electron chi connectivity index (χ2n) is 6.09. The maximum Gasteiger partial charge on any atom is 0.267 e. The van der Waals surface area contributed by atoms with Gasteiger partial charge in [0, 0.05) is 22.7 Å². The molecule has 0 fully saturated rings.